The summed E-state index contributed by atoms with van der Waals surface area (Å²) in [4.78, 5) is 22.4. The number of nitrogens with zero attached hydrogens (tertiary/aromatic N) is 1. The van der Waals surface area contributed by atoms with E-state index < -0.39 is 6.09 Å². The molecule has 0 spiro atoms. The second kappa shape index (κ2) is 7.38. The highest BCUT2D eigenvalue weighted by Gasteiger charge is 2.05. The molecule has 0 saturated carbocycles. The SMILES string of the molecule is COC(=O)N/N=C(\C)CC(=O)Nc1ccc(Cl)cc1. The third-order valence-corrected chi connectivity index (χ3v) is 2.32. The van der Waals surface area contributed by atoms with Crippen LogP contribution >= 0.6 is 11.6 Å². The second-order valence-electron chi connectivity index (χ2n) is 3.68. The molecule has 7 heteroatoms. The van der Waals surface area contributed by atoms with Crippen molar-refractivity contribution in [3.63, 3.8) is 0 Å². The third kappa shape index (κ3) is 5.87. The van der Waals surface area contributed by atoms with Gasteiger partial charge in [-0.1, -0.05) is 11.6 Å². The average Bonchev–Trinajstić information content (AvgIpc) is 2.38. The summed E-state index contributed by atoms with van der Waals surface area (Å²) in [6.07, 6.45) is -0.621. The number of rotatable bonds is 4. The summed E-state index contributed by atoms with van der Waals surface area (Å²) in [6.45, 7) is 1.62. The number of nitrogens with one attached hydrogen (secondary N) is 2. The lowest BCUT2D eigenvalue weighted by Gasteiger charge is -2.05. The molecule has 0 fully saturated rings. The number of carbonyl (C=O) groups excluding carboxylic acids is 2. The van der Waals surface area contributed by atoms with E-state index in [0.717, 1.165) is 0 Å². The van der Waals surface area contributed by atoms with E-state index in [0.29, 0.717) is 16.4 Å². The van der Waals surface area contributed by atoms with Crippen LogP contribution in [0.3, 0.4) is 0 Å². The van der Waals surface area contributed by atoms with E-state index >= 15 is 0 Å². The molecule has 0 bridgehead atoms. The average molecular weight is 284 g/mol. The van der Waals surface area contributed by atoms with Crippen molar-refractivity contribution in [1.82, 2.24) is 5.43 Å². The maximum atomic E-state index is 11.7. The molecule has 0 heterocycles. The largest absolute Gasteiger partial charge is 0.452 e. The van der Waals surface area contributed by atoms with Gasteiger partial charge in [-0.25, -0.2) is 10.2 Å². The highest BCUT2D eigenvalue weighted by molar-refractivity contribution is 6.30. The summed E-state index contributed by atoms with van der Waals surface area (Å²) in [6, 6.07) is 6.74. The summed E-state index contributed by atoms with van der Waals surface area (Å²) < 4.78 is 4.34. The van der Waals surface area contributed by atoms with Crippen LogP contribution in [-0.4, -0.2) is 24.8 Å². The smallest absolute Gasteiger partial charge is 0.427 e. The number of hydrazone groups is 1. The maximum absolute atomic E-state index is 11.7. The minimum absolute atomic E-state index is 0.0621. The number of halogens is 1. The van der Waals surface area contributed by atoms with Crippen LogP contribution in [0.25, 0.3) is 0 Å². The molecular formula is C12H14ClN3O3. The normalized spacial score (nSPS) is 10.8. The second-order valence-corrected chi connectivity index (χ2v) is 4.12. The molecule has 0 atom stereocenters. The summed E-state index contributed by atoms with van der Waals surface area (Å²) in [5.74, 6) is -0.241. The molecule has 0 aromatic heterocycles. The quantitative estimate of drug-likeness (QED) is 0.658. The van der Waals surface area contributed by atoms with Crippen LogP contribution in [0, 0.1) is 0 Å². The first-order valence-electron chi connectivity index (χ1n) is 5.44. The third-order valence-electron chi connectivity index (χ3n) is 2.07. The van der Waals surface area contributed by atoms with Crippen LogP contribution in [0.1, 0.15) is 13.3 Å². The van der Waals surface area contributed by atoms with Crippen molar-refractivity contribution in [3.05, 3.63) is 29.3 Å². The Balaban J connectivity index is 2.46. The number of ether oxygens (including phenoxy) is 1. The Labute approximate surface area is 115 Å². The Kier molecular flexibility index (Phi) is 5.81. The van der Waals surface area contributed by atoms with Crippen molar-refractivity contribution >= 4 is 35.0 Å². The van der Waals surface area contributed by atoms with Gasteiger partial charge in [0.1, 0.15) is 0 Å². The predicted molar refractivity (Wildman–Crippen MR) is 73.3 cm³/mol. The minimum atomic E-state index is -0.683. The monoisotopic (exact) mass is 283 g/mol. The molecule has 1 aromatic rings. The topological polar surface area (TPSA) is 79.8 Å². The van der Waals surface area contributed by atoms with Crippen molar-refractivity contribution in [2.75, 3.05) is 12.4 Å². The van der Waals surface area contributed by atoms with Gasteiger partial charge in [-0.15, -0.1) is 0 Å². The Morgan fingerprint density at radius 2 is 1.95 bits per heavy atom. The zero-order valence-corrected chi connectivity index (χ0v) is 11.3. The number of hydrogen-bond donors (Lipinski definition) is 2. The van der Waals surface area contributed by atoms with Crippen LogP contribution in [0.4, 0.5) is 10.5 Å². The van der Waals surface area contributed by atoms with E-state index in [2.05, 4.69) is 20.6 Å². The Morgan fingerprint density at radius 1 is 1.32 bits per heavy atom. The molecule has 19 heavy (non-hydrogen) atoms. The van der Waals surface area contributed by atoms with Gasteiger partial charge in [-0.3, -0.25) is 4.79 Å². The lowest BCUT2D eigenvalue weighted by atomic mass is 10.2. The standard InChI is InChI=1S/C12H14ClN3O3/c1-8(15-16-12(18)19-2)7-11(17)14-10-5-3-9(13)4-6-10/h3-6H,7H2,1-2H3,(H,14,17)(H,16,18)/b15-8+. The van der Waals surface area contributed by atoms with Gasteiger partial charge in [-0.05, 0) is 31.2 Å². The first-order valence-corrected chi connectivity index (χ1v) is 5.81. The zero-order chi connectivity index (χ0) is 14.3. The molecule has 0 aliphatic heterocycles. The summed E-state index contributed by atoms with van der Waals surface area (Å²) in [5.41, 5.74) is 3.24. The van der Waals surface area contributed by atoms with Crippen molar-refractivity contribution in [1.29, 1.82) is 0 Å². The highest BCUT2D eigenvalue weighted by Crippen LogP contribution is 2.13. The zero-order valence-electron chi connectivity index (χ0n) is 10.6. The summed E-state index contributed by atoms with van der Waals surface area (Å²) in [5, 5.41) is 6.98. The molecule has 102 valence electrons. The van der Waals surface area contributed by atoms with E-state index in [4.69, 9.17) is 11.6 Å². The van der Waals surface area contributed by atoms with Crippen LogP contribution in [0.5, 0.6) is 0 Å². The van der Waals surface area contributed by atoms with Crippen molar-refractivity contribution in [2.24, 2.45) is 5.10 Å². The van der Waals surface area contributed by atoms with Crippen LogP contribution in [-0.2, 0) is 9.53 Å². The maximum Gasteiger partial charge on any atom is 0.427 e. The van der Waals surface area contributed by atoms with Crippen LogP contribution in [0.15, 0.2) is 29.4 Å². The van der Waals surface area contributed by atoms with Crippen molar-refractivity contribution in [2.45, 2.75) is 13.3 Å². The van der Waals surface area contributed by atoms with E-state index in [1.807, 2.05) is 0 Å². The van der Waals surface area contributed by atoms with E-state index in [1.165, 1.54) is 7.11 Å². The van der Waals surface area contributed by atoms with Gasteiger partial charge in [0.25, 0.3) is 0 Å². The van der Waals surface area contributed by atoms with Gasteiger partial charge in [0, 0.05) is 16.4 Å². The number of hydrogen-bond acceptors (Lipinski definition) is 4. The highest BCUT2D eigenvalue weighted by atomic mass is 35.5. The number of carbonyl (C=O) groups is 2. The van der Waals surface area contributed by atoms with E-state index in [1.54, 1.807) is 31.2 Å². The number of amides is 2. The van der Waals surface area contributed by atoms with Gasteiger partial charge < -0.3 is 10.1 Å². The van der Waals surface area contributed by atoms with Crippen LogP contribution < -0.4 is 10.7 Å². The lowest BCUT2D eigenvalue weighted by molar-refractivity contribution is -0.115. The molecule has 1 aromatic carbocycles. The van der Waals surface area contributed by atoms with E-state index in [9.17, 15) is 9.59 Å². The molecule has 2 amide bonds. The first-order chi connectivity index (χ1) is 9.01. The fourth-order valence-electron chi connectivity index (χ4n) is 1.20. The molecule has 0 unspecified atom stereocenters. The molecule has 0 aliphatic rings. The molecule has 0 radical (unpaired) electrons. The van der Waals surface area contributed by atoms with Gasteiger partial charge in [0.15, 0.2) is 0 Å². The minimum Gasteiger partial charge on any atom is -0.452 e. The molecule has 1 rings (SSSR count). The molecule has 0 aliphatic carbocycles. The summed E-state index contributed by atoms with van der Waals surface area (Å²) >= 11 is 5.73. The Morgan fingerprint density at radius 3 is 2.53 bits per heavy atom. The Bertz CT molecular complexity index is 485. The first kappa shape index (κ1) is 15.0. The van der Waals surface area contributed by atoms with Gasteiger partial charge in [0.2, 0.25) is 5.91 Å². The fourth-order valence-corrected chi connectivity index (χ4v) is 1.32. The summed E-state index contributed by atoms with van der Waals surface area (Å²) in [7, 11) is 1.23. The number of methoxy groups -OCH3 is 1. The molecule has 0 saturated heterocycles. The molecule has 2 N–H and O–H groups in total. The number of anilines is 1. The van der Waals surface area contributed by atoms with Crippen molar-refractivity contribution in [3.8, 4) is 0 Å². The van der Waals surface area contributed by atoms with Gasteiger partial charge >= 0.3 is 6.09 Å². The Hall–Kier alpha value is -2.08. The number of benzene rings is 1. The fraction of sp³-hybridized carbons (Fsp3) is 0.250. The predicted octanol–water partition coefficient (Wildman–Crippen LogP) is 2.40. The molecule has 6 nitrogen and oxygen atoms in total. The van der Waals surface area contributed by atoms with E-state index in [-0.39, 0.29) is 12.3 Å². The van der Waals surface area contributed by atoms with Crippen molar-refractivity contribution < 1.29 is 14.3 Å². The lowest BCUT2D eigenvalue weighted by Crippen LogP contribution is -2.21. The van der Waals surface area contributed by atoms with Crippen LogP contribution in [0.2, 0.25) is 5.02 Å². The van der Waals surface area contributed by atoms with Gasteiger partial charge in [-0.2, -0.15) is 5.10 Å². The molecular weight excluding hydrogens is 270 g/mol. The van der Waals surface area contributed by atoms with Gasteiger partial charge in [0.05, 0.1) is 13.5 Å².